The molecule has 1 saturated heterocycles. The molecule has 0 amide bonds. The van der Waals surface area contributed by atoms with E-state index in [2.05, 4.69) is 0 Å². The summed E-state index contributed by atoms with van der Waals surface area (Å²) in [5.41, 5.74) is -0.388. The third-order valence-corrected chi connectivity index (χ3v) is 4.01. The van der Waals surface area contributed by atoms with Crippen LogP contribution in [-0.2, 0) is 13.8 Å². The molecule has 84 valence electrons. The summed E-state index contributed by atoms with van der Waals surface area (Å²) >= 11 is 0. The van der Waals surface area contributed by atoms with Crippen molar-refractivity contribution < 1.29 is 13.2 Å². The highest BCUT2D eigenvalue weighted by Crippen LogP contribution is 2.32. The molecule has 0 aromatic carbocycles. The molecule has 0 saturated carbocycles. The molecular weight excluding hydrogens is 224 g/mol. The van der Waals surface area contributed by atoms with E-state index in [0.717, 1.165) is 25.9 Å². The summed E-state index contributed by atoms with van der Waals surface area (Å²) in [7, 11) is 1.81. The molecule has 0 N–H and O–H groups in total. The van der Waals surface area contributed by atoms with Gasteiger partial charge in [-0.2, -0.15) is 0 Å². The van der Waals surface area contributed by atoms with E-state index in [-0.39, 0.29) is 17.3 Å². The molecule has 0 bridgehead atoms. The molecule has 1 aliphatic heterocycles. The van der Waals surface area contributed by atoms with Crippen molar-refractivity contribution in [1.29, 1.82) is 0 Å². The van der Waals surface area contributed by atoms with E-state index in [1.54, 1.807) is 0 Å². The van der Waals surface area contributed by atoms with Crippen molar-refractivity contribution in [1.82, 2.24) is 0 Å². The van der Waals surface area contributed by atoms with Gasteiger partial charge in [0.2, 0.25) is 9.05 Å². The van der Waals surface area contributed by atoms with Crippen LogP contribution in [0.15, 0.2) is 0 Å². The molecule has 1 fully saturated rings. The lowest BCUT2D eigenvalue weighted by atomic mass is 9.84. The third kappa shape index (κ3) is 3.75. The molecule has 1 atom stereocenters. The van der Waals surface area contributed by atoms with Crippen LogP contribution >= 0.6 is 10.7 Å². The molecule has 0 spiro atoms. The quantitative estimate of drug-likeness (QED) is 0.710. The van der Waals surface area contributed by atoms with Crippen LogP contribution in [-0.4, -0.2) is 26.9 Å². The van der Waals surface area contributed by atoms with Crippen LogP contribution in [0.4, 0.5) is 0 Å². The maximum Gasteiger partial charge on any atom is 0.233 e. The zero-order chi connectivity index (χ0) is 10.8. The minimum atomic E-state index is -3.44. The van der Waals surface area contributed by atoms with E-state index in [1.165, 1.54) is 0 Å². The maximum absolute atomic E-state index is 11.0. The first-order chi connectivity index (χ1) is 6.31. The SMILES string of the molecule is CC(C)(CS(=O)(=O)Cl)[C@H]1CCCCO1. The summed E-state index contributed by atoms with van der Waals surface area (Å²) in [6.07, 6.45) is 3.13. The van der Waals surface area contributed by atoms with Gasteiger partial charge < -0.3 is 4.74 Å². The Kier molecular flexibility index (Phi) is 3.83. The Balaban J connectivity index is 2.63. The van der Waals surface area contributed by atoms with E-state index < -0.39 is 9.05 Å². The second-order valence-corrected chi connectivity index (χ2v) is 7.30. The Morgan fingerprint density at radius 3 is 2.50 bits per heavy atom. The lowest BCUT2D eigenvalue weighted by Gasteiger charge is -2.35. The number of ether oxygens (including phenoxy) is 1. The van der Waals surface area contributed by atoms with Crippen molar-refractivity contribution >= 4 is 19.7 Å². The molecule has 14 heavy (non-hydrogen) atoms. The van der Waals surface area contributed by atoms with Gasteiger partial charge in [-0.1, -0.05) is 13.8 Å². The highest BCUT2D eigenvalue weighted by molar-refractivity contribution is 8.13. The first-order valence-electron chi connectivity index (χ1n) is 4.85. The monoisotopic (exact) mass is 240 g/mol. The Morgan fingerprint density at radius 1 is 1.43 bits per heavy atom. The molecule has 1 rings (SSSR count). The minimum Gasteiger partial charge on any atom is -0.378 e. The van der Waals surface area contributed by atoms with Gasteiger partial charge in [0.15, 0.2) is 0 Å². The molecule has 1 aliphatic rings. The van der Waals surface area contributed by atoms with Crippen LogP contribution in [0.1, 0.15) is 33.1 Å². The largest absolute Gasteiger partial charge is 0.378 e. The van der Waals surface area contributed by atoms with E-state index in [9.17, 15) is 8.42 Å². The zero-order valence-electron chi connectivity index (χ0n) is 8.62. The lowest BCUT2D eigenvalue weighted by Crippen LogP contribution is -2.39. The summed E-state index contributed by atoms with van der Waals surface area (Å²) in [6, 6.07) is 0. The lowest BCUT2D eigenvalue weighted by molar-refractivity contribution is -0.0459. The normalized spacial score (nSPS) is 24.9. The van der Waals surface area contributed by atoms with Gasteiger partial charge in [-0.15, -0.1) is 0 Å². The van der Waals surface area contributed by atoms with Crippen LogP contribution in [0.2, 0.25) is 0 Å². The summed E-state index contributed by atoms with van der Waals surface area (Å²) < 4.78 is 27.6. The molecule has 0 radical (unpaired) electrons. The molecule has 0 aliphatic carbocycles. The number of halogens is 1. The second kappa shape index (κ2) is 4.37. The first-order valence-corrected chi connectivity index (χ1v) is 7.33. The van der Waals surface area contributed by atoms with Gasteiger partial charge in [0, 0.05) is 22.7 Å². The van der Waals surface area contributed by atoms with Crippen LogP contribution in [0.3, 0.4) is 0 Å². The van der Waals surface area contributed by atoms with Gasteiger partial charge in [0.05, 0.1) is 11.9 Å². The topological polar surface area (TPSA) is 43.4 Å². The summed E-state index contributed by atoms with van der Waals surface area (Å²) in [5.74, 6) is -0.0216. The van der Waals surface area contributed by atoms with Crippen molar-refractivity contribution in [2.45, 2.75) is 39.2 Å². The number of hydrogen-bond donors (Lipinski definition) is 0. The number of hydrogen-bond acceptors (Lipinski definition) is 3. The van der Waals surface area contributed by atoms with Crippen LogP contribution in [0.5, 0.6) is 0 Å². The van der Waals surface area contributed by atoms with E-state index in [0.29, 0.717) is 0 Å². The zero-order valence-corrected chi connectivity index (χ0v) is 10.2. The first kappa shape index (κ1) is 12.3. The second-order valence-electron chi connectivity index (χ2n) is 4.53. The average molecular weight is 241 g/mol. The molecular formula is C9H17ClO3S. The molecule has 5 heteroatoms. The van der Waals surface area contributed by atoms with Crippen molar-refractivity contribution in [2.75, 3.05) is 12.4 Å². The minimum absolute atomic E-state index is 0.0183. The fourth-order valence-electron chi connectivity index (χ4n) is 1.89. The third-order valence-electron chi connectivity index (χ3n) is 2.60. The highest BCUT2D eigenvalue weighted by atomic mass is 35.7. The van der Waals surface area contributed by atoms with Crippen molar-refractivity contribution in [2.24, 2.45) is 5.41 Å². The van der Waals surface area contributed by atoms with Gasteiger partial charge in [0.1, 0.15) is 0 Å². The fraction of sp³-hybridized carbons (Fsp3) is 1.00. The number of rotatable bonds is 3. The van der Waals surface area contributed by atoms with Gasteiger partial charge >= 0.3 is 0 Å². The fourth-order valence-corrected chi connectivity index (χ4v) is 3.81. The molecule has 0 aromatic heterocycles. The van der Waals surface area contributed by atoms with E-state index in [1.807, 2.05) is 13.8 Å². The summed E-state index contributed by atoms with van der Waals surface area (Å²) in [6.45, 7) is 4.52. The smallest absolute Gasteiger partial charge is 0.233 e. The molecule has 0 aromatic rings. The maximum atomic E-state index is 11.0. The van der Waals surface area contributed by atoms with Gasteiger partial charge in [-0.05, 0) is 19.3 Å². The van der Waals surface area contributed by atoms with E-state index >= 15 is 0 Å². The summed E-state index contributed by atoms with van der Waals surface area (Å²) in [4.78, 5) is 0. The van der Waals surface area contributed by atoms with Crippen LogP contribution in [0, 0.1) is 5.41 Å². The Morgan fingerprint density at radius 2 is 2.07 bits per heavy atom. The standard InChI is InChI=1S/C9H17ClO3S/c1-9(2,7-14(10,11)12)8-5-3-4-6-13-8/h8H,3-7H2,1-2H3/t8-/m1/s1. The van der Waals surface area contributed by atoms with Crippen molar-refractivity contribution in [3.05, 3.63) is 0 Å². The van der Waals surface area contributed by atoms with Crippen molar-refractivity contribution in [3.8, 4) is 0 Å². The van der Waals surface area contributed by atoms with Crippen LogP contribution in [0.25, 0.3) is 0 Å². The van der Waals surface area contributed by atoms with Gasteiger partial charge in [-0.3, -0.25) is 0 Å². The van der Waals surface area contributed by atoms with Gasteiger partial charge in [0.25, 0.3) is 0 Å². The van der Waals surface area contributed by atoms with Crippen LogP contribution < -0.4 is 0 Å². The molecule has 0 unspecified atom stereocenters. The highest BCUT2D eigenvalue weighted by Gasteiger charge is 2.35. The van der Waals surface area contributed by atoms with E-state index in [4.69, 9.17) is 15.4 Å². The van der Waals surface area contributed by atoms with Crippen molar-refractivity contribution in [3.63, 3.8) is 0 Å². The summed E-state index contributed by atoms with van der Waals surface area (Å²) in [5, 5.41) is 0. The predicted octanol–water partition coefficient (Wildman–Crippen LogP) is 2.15. The molecule has 3 nitrogen and oxygen atoms in total. The predicted molar refractivity (Wildman–Crippen MR) is 57.0 cm³/mol. The van der Waals surface area contributed by atoms with Gasteiger partial charge in [-0.25, -0.2) is 8.42 Å². The molecule has 1 heterocycles. The Labute approximate surface area is 90.2 Å². The average Bonchev–Trinajstić information content (AvgIpc) is 2.01. The Hall–Kier alpha value is 0.200. The Bertz CT molecular complexity index is 278.